The smallest absolute Gasteiger partial charge is 0.397 e. The molecule has 1 aliphatic heterocycles. The van der Waals surface area contributed by atoms with Crippen molar-refractivity contribution in [3.63, 3.8) is 0 Å². The number of nitrogens with zero attached hydrogens (tertiary/aromatic N) is 1. The van der Waals surface area contributed by atoms with Crippen LogP contribution in [0, 0.1) is 0 Å². The molecule has 5 heteroatoms. The quantitative estimate of drug-likeness (QED) is 0.454. The molecule has 0 saturated heterocycles. The number of carbonyl (C=O) groups is 3. The molecule has 1 heterocycles. The molecule has 5 nitrogen and oxygen atoms in total. The van der Waals surface area contributed by atoms with E-state index >= 15 is 0 Å². The highest BCUT2D eigenvalue weighted by Gasteiger charge is 2.34. The largest absolute Gasteiger partial charge is 0.459 e. The van der Waals surface area contributed by atoms with E-state index in [9.17, 15) is 14.4 Å². The number of benzene rings is 1. The average molecular weight is 261 g/mol. The van der Waals surface area contributed by atoms with E-state index in [1.54, 1.807) is 19.1 Å². The molecule has 1 aromatic rings. The molecule has 1 aliphatic rings. The van der Waals surface area contributed by atoms with Gasteiger partial charge in [-0.15, -0.1) is 0 Å². The van der Waals surface area contributed by atoms with E-state index in [1.807, 2.05) is 12.1 Å². The fourth-order valence-electron chi connectivity index (χ4n) is 2.25. The zero-order valence-corrected chi connectivity index (χ0v) is 10.7. The molecule has 0 aliphatic carbocycles. The number of ether oxygens (including phenoxy) is 1. The van der Waals surface area contributed by atoms with E-state index in [4.69, 9.17) is 4.74 Å². The predicted octanol–water partition coefficient (Wildman–Crippen LogP) is 1.10. The summed E-state index contributed by atoms with van der Waals surface area (Å²) < 4.78 is 4.72. The van der Waals surface area contributed by atoms with Gasteiger partial charge in [0.15, 0.2) is 0 Å². The summed E-state index contributed by atoms with van der Waals surface area (Å²) >= 11 is 0. The van der Waals surface area contributed by atoms with Gasteiger partial charge in [-0.1, -0.05) is 18.2 Å². The number of amides is 1. The summed E-state index contributed by atoms with van der Waals surface area (Å²) in [4.78, 5) is 36.1. The first-order valence-electron chi connectivity index (χ1n) is 6.22. The van der Waals surface area contributed by atoms with Gasteiger partial charge in [0.05, 0.1) is 12.6 Å². The maximum atomic E-state index is 12.1. The number of para-hydroxylation sites is 1. The lowest BCUT2D eigenvalue weighted by Crippen LogP contribution is -2.48. The van der Waals surface area contributed by atoms with Crippen LogP contribution >= 0.6 is 0 Å². The summed E-state index contributed by atoms with van der Waals surface area (Å²) in [6.07, 6.45) is 1.94. The van der Waals surface area contributed by atoms with E-state index in [-0.39, 0.29) is 6.61 Å². The zero-order chi connectivity index (χ0) is 13.8. The summed E-state index contributed by atoms with van der Waals surface area (Å²) in [5.41, 5.74) is 1.57. The summed E-state index contributed by atoms with van der Waals surface area (Å²) in [5, 5.41) is 0. The van der Waals surface area contributed by atoms with Crippen molar-refractivity contribution in [3.05, 3.63) is 29.8 Å². The van der Waals surface area contributed by atoms with Crippen molar-refractivity contribution in [3.8, 4) is 0 Å². The van der Waals surface area contributed by atoms with E-state index in [2.05, 4.69) is 0 Å². The van der Waals surface area contributed by atoms with Crippen LogP contribution in [0.25, 0.3) is 0 Å². The summed E-state index contributed by atoms with van der Waals surface area (Å²) in [7, 11) is 0. The van der Waals surface area contributed by atoms with Crippen molar-refractivity contribution < 1.29 is 19.1 Å². The number of fused-ring (bicyclic) bond motifs is 1. The second-order valence-corrected chi connectivity index (χ2v) is 4.27. The van der Waals surface area contributed by atoms with Gasteiger partial charge in [0, 0.05) is 5.69 Å². The van der Waals surface area contributed by atoms with E-state index in [0.29, 0.717) is 24.8 Å². The molecule has 0 spiro atoms. The lowest BCUT2D eigenvalue weighted by Gasteiger charge is -2.33. The number of rotatable bonds is 2. The van der Waals surface area contributed by atoms with E-state index in [1.165, 1.54) is 4.90 Å². The Labute approximate surface area is 111 Å². The first-order chi connectivity index (χ1) is 9.19. The van der Waals surface area contributed by atoms with Crippen LogP contribution in [0.3, 0.4) is 0 Å². The molecule has 0 N–H and O–H groups in total. The first kappa shape index (κ1) is 13.3. The van der Waals surface area contributed by atoms with Crippen LogP contribution in [-0.2, 0) is 25.5 Å². The Morgan fingerprint density at radius 3 is 2.84 bits per heavy atom. The molecule has 0 bridgehead atoms. The van der Waals surface area contributed by atoms with Gasteiger partial charge < -0.3 is 9.53 Å². The minimum absolute atomic E-state index is 0.131. The van der Waals surface area contributed by atoms with Crippen molar-refractivity contribution in [1.82, 2.24) is 0 Å². The molecule has 0 radical (unpaired) electrons. The summed E-state index contributed by atoms with van der Waals surface area (Å²) in [6, 6.07) is 6.67. The molecule has 0 aromatic heterocycles. The Bertz CT molecular complexity index is 512. The van der Waals surface area contributed by atoms with Crippen molar-refractivity contribution in [2.24, 2.45) is 0 Å². The average Bonchev–Trinajstić information content (AvgIpc) is 2.45. The lowest BCUT2D eigenvalue weighted by atomic mass is 9.96. The van der Waals surface area contributed by atoms with Crippen molar-refractivity contribution in [2.75, 3.05) is 11.5 Å². The Kier molecular flexibility index (Phi) is 3.94. The van der Waals surface area contributed by atoms with Crippen molar-refractivity contribution in [2.45, 2.75) is 25.8 Å². The number of carbonyl (C=O) groups excluding carboxylic acids is 3. The standard InChI is InChI=1S/C14H15NO4/c1-2-19-14(18)13(17)15-11(9-16)8-7-10-5-3-4-6-12(10)15/h3-6,9,11H,2,7-8H2,1H3/t11-/m1/s1. The Morgan fingerprint density at radius 1 is 1.42 bits per heavy atom. The van der Waals surface area contributed by atoms with Crippen LogP contribution in [0.15, 0.2) is 24.3 Å². The highest BCUT2D eigenvalue weighted by Crippen LogP contribution is 2.30. The molecule has 19 heavy (non-hydrogen) atoms. The van der Waals surface area contributed by atoms with Gasteiger partial charge in [0.2, 0.25) is 0 Å². The Morgan fingerprint density at radius 2 is 2.16 bits per heavy atom. The number of esters is 1. The Hall–Kier alpha value is -2.17. The topological polar surface area (TPSA) is 63.7 Å². The number of aldehydes is 1. The third kappa shape index (κ3) is 2.50. The molecule has 1 amide bonds. The molecule has 1 atom stereocenters. The lowest BCUT2D eigenvalue weighted by molar-refractivity contribution is -0.153. The molecule has 1 aromatic carbocycles. The molecule has 0 fully saturated rings. The second kappa shape index (κ2) is 5.65. The van der Waals surface area contributed by atoms with Gasteiger partial charge in [-0.05, 0) is 31.4 Å². The molecular formula is C14H15NO4. The minimum atomic E-state index is -0.925. The van der Waals surface area contributed by atoms with Crippen LogP contribution in [0.2, 0.25) is 0 Å². The van der Waals surface area contributed by atoms with Gasteiger partial charge in [-0.25, -0.2) is 4.79 Å². The fraction of sp³-hybridized carbons (Fsp3) is 0.357. The van der Waals surface area contributed by atoms with Crippen LogP contribution < -0.4 is 4.90 Å². The maximum Gasteiger partial charge on any atom is 0.397 e. The maximum absolute atomic E-state index is 12.1. The van der Waals surface area contributed by atoms with Gasteiger partial charge in [-0.2, -0.15) is 0 Å². The highest BCUT2D eigenvalue weighted by molar-refractivity contribution is 6.38. The number of aryl methyl sites for hydroxylation is 1. The third-order valence-corrected chi connectivity index (χ3v) is 3.12. The fourth-order valence-corrected chi connectivity index (χ4v) is 2.25. The molecule has 2 rings (SSSR count). The zero-order valence-electron chi connectivity index (χ0n) is 10.7. The second-order valence-electron chi connectivity index (χ2n) is 4.27. The molecule has 100 valence electrons. The molecule has 0 saturated carbocycles. The Balaban J connectivity index is 2.37. The van der Waals surface area contributed by atoms with E-state index in [0.717, 1.165) is 5.56 Å². The highest BCUT2D eigenvalue weighted by atomic mass is 16.5. The summed E-state index contributed by atoms with van der Waals surface area (Å²) in [6.45, 7) is 1.76. The van der Waals surface area contributed by atoms with Crippen LogP contribution in [0.5, 0.6) is 0 Å². The van der Waals surface area contributed by atoms with Gasteiger partial charge in [-0.3, -0.25) is 9.69 Å². The van der Waals surface area contributed by atoms with Crippen LogP contribution in [-0.4, -0.2) is 30.8 Å². The number of hydrogen-bond acceptors (Lipinski definition) is 4. The van der Waals surface area contributed by atoms with Crippen molar-refractivity contribution in [1.29, 1.82) is 0 Å². The SMILES string of the molecule is CCOC(=O)C(=O)N1c2ccccc2CC[C@@H]1C=O. The minimum Gasteiger partial charge on any atom is -0.459 e. The van der Waals surface area contributed by atoms with Crippen LogP contribution in [0.1, 0.15) is 18.9 Å². The number of anilines is 1. The monoisotopic (exact) mass is 261 g/mol. The number of hydrogen-bond donors (Lipinski definition) is 0. The normalized spacial score (nSPS) is 17.5. The first-order valence-corrected chi connectivity index (χ1v) is 6.22. The van der Waals surface area contributed by atoms with Gasteiger partial charge >= 0.3 is 11.9 Å². The van der Waals surface area contributed by atoms with Crippen LogP contribution in [0.4, 0.5) is 5.69 Å². The third-order valence-electron chi connectivity index (χ3n) is 3.12. The van der Waals surface area contributed by atoms with Crippen molar-refractivity contribution >= 4 is 23.9 Å². The van der Waals surface area contributed by atoms with Gasteiger partial charge in [0.25, 0.3) is 0 Å². The molecule has 0 unspecified atom stereocenters. The van der Waals surface area contributed by atoms with E-state index < -0.39 is 17.9 Å². The summed E-state index contributed by atoms with van der Waals surface area (Å²) in [5.74, 6) is -1.71. The molecular weight excluding hydrogens is 246 g/mol. The predicted molar refractivity (Wildman–Crippen MR) is 68.7 cm³/mol. The van der Waals surface area contributed by atoms with Gasteiger partial charge in [0.1, 0.15) is 6.29 Å².